The number of rotatable bonds is 9. The summed E-state index contributed by atoms with van der Waals surface area (Å²) in [5, 5.41) is 8.52. The van der Waals surface area contributed by atoms with Crippen molar-refractivity contribution < 1.29 is 14.4 Å². The van der Waals surface area contributed by atoms with Gasteiger partial charge in [0.15, 0.2) is 0 Å². The first-order chi connectivity index (χ1) is 16.4. The molecule has 0 aliphatic carbocycles. The highest BCUT2D eigenvalue weighted by molar-refractivity contribution is 9.10. The third-order valence-electron chi connectivity index (χ3n) is 4.85. The fraction of sp³-hybridized carbons (Fsp3) is 0.160. The average molecular weight is 605 g/mol. The van der Waals surface area contributed by atoms with Crippen LogP contribution in [0.5, 0.6) is 0 Å². The van der Waals surface area contributed by atoms with Crippen LogP contribution in [0.25, 0.3) is 0 Å². The molecule has 6 nitrogen and oxygen atoms in total. The maximum Gasteiger partial charge on any atom is 0.255 e. The van der Waals surface area contributed by atoms with Crippen LogP contribution in [-0.4, -0.2) is 35.8 Å². The van der Waals surface area contributed by atoms with Crippen molar-refractivity contribution in [2.75, 3.05) is 22.6 Å². The summed E-state index contributed by atoms with van der Waals surface area (Å²) in [6.07, 6.45) is 2.42. The third-order valence-corrected chi connectivity index (χ3v) is 6.71. The molecule has 0 fully saturated rings. The van der Waals surface area contributed by atoms with Gasteiger partial charge in [-0.05, 0) is 89.0 Å². The molecule has 3 N–H and O–H groups in total. The highest BCUT2D eigenvalue weighted by Crippen LogP contribution is 2.19. The van der Waals surface area contributed by atoms with Gasteiger partial charge in [0.25, 0.3) is 11.8 Å². The molecule has 9 heteroatoms. The molecule has 1 unspecified atom stereocenters. The maximum absolute atomic E-state index is 13.0. The van der Waals surface area contributed by atoms with E-state index in [4.69, 9.17) is 0 Å². The van der Waals surface area contributed by atoms with Crippen LogP contribution in [0.2, 0.25) is 0 Å². The molecule has 0 radical (unpaired) electrons. The van der Waals surface area contributed by atoms with Crippen molar-refractivity contribution in [2.45, 2.75) is 12.5 Å². The lowest BCUT2D eigenvalue weighted by Crippen LogP contribution is -2.44. The molecule has 1 atom stereocenters. The number of amides is 3. The summed E-state index contributed by atoms with van der Waals surface area (Å²) in [6, 6.07) is 20.3. The van der Waals surface area contributed by atoms with Gasteiger partial charge in [0.2, 0.25) is 5.91 Å². The summed E-state index contributed by atoms with van der Waals surface area (Å²) >= 11 is 8.32. The molecule has 0 bridgehead atoms. The minimum atomic E-state index is -0.715. The summed E-state index contributed by atoms with van der Waals surface area (Å²) in [5.74, 6) is -0.206. The molecule has 0 aliphatic rings. The second-order valence-corrected chi connectivity index (χ2v) is 10.1. The summed E-state index contributed by atoms with van der Waals surface area (Å²) in [4.78, 5) is 38.3. The number of hydrogen-bond donors (Lipinski definition) is 3. The van der Waals surface area contributed by atoms with Crippen LogP contribution in [0.3, 0.4) is 0 Å². The number of carbonyl (C=O) groups excluding carboxylic acids is 3. The van der Waals surface area contributed by atoms with Gasteiger partial charge in [-0.2, -0.15) is 11.8 Å². The highest BCUT2D eigenvalue weighted by atomic mass is 79.9. The number of thioether (sulfide) groups is 1. The summed E-state index contributed by atoms with van der Waals surface area (Å²) in [6.45, 7) is 0. The van der Waals surface area contributed by atoms with Gasteiger partial charge < -0.3 is 16.0 Å². The van der Waals surface area contributed by atoms with E-state index in [9.17, 15) is 14.4 Å². The predicted molar refractivity (Wildman–Crippen MR) is 146 cm³/mol. The largest absolute Gasteiger partial charge is 0.340 e. The molecule has 0 aliphatic heterocycles. The molecule has 0 saturated heterocycles. The number of hydrogen-bond acceptors (Lipinski definition) is 4. The van der Waals surface area contributed by atoms with Crippen LogP contribution in [0.1, 0.15) is 27.1 Å². The van der Waals surface area contributed by atoms with Crippen molar-refractivity contribution in [3.05, 3.63) is 92.9 Å². The Hall–Kier alpha value is -2.62. The van der Waals surface area contributed by atoms with Crippen molar-refractivity contribution in [1.82, 2.24) is 5.32 Å². The minimum Gasteiger partial charge on any atom is -0.340 e. The zero-order valence-corrected chi connectivity index (χ0v) is 22.3. The van der Waals surface area contributed by atoms with E-state index in [-0.39, 0.29) is 17.7 Å². The quantitative estimate of drug-likeness (QED) is 0.281. The number of benzene rings is 3. The van der Waals surface area contributed by atoms with E-state index in [0.29, 0.717) is 39.1 Å². The van der Waals surface area contributed by atoms with E-state index >= 15 is 0 Å². The minimum absolute atomic E-state index is 0.255. The lowest BCUT2D eigenvalue weighted by Gasteiger charge is -2.19. The smallest absolute Gasteiger partial charge is 0.255 e. The Bertz CT molecular complexity index is 1170. The lowest BCUT2D eigenvalue weighted by atomic mass is 10.1. The molecule has 0 aromatic heterocycles. The molecule has 0 heterocycles. The third kappa shape index (κ3) is 7.44. The van der Waals surface area contributed by atoms with Crippen molar-refractivity contribution >= 4 is 72.7 Å². The summed E-state index contributed by atoms with van der Waals surface area (Å²) < 4.78 is 1.54. The van der Waals surface area contributed by atoms with Crippen molar-refractivity contribution in [3.8, 4) is 0 Å². The Kier molecular flexibility index (Phi) is 9.74. The van der Waals surface area contributed by atoms with Crippen molar-refractivity contribution in [1.29, 1.82) is 0 Å². The van der Waals surface area contributed by atoms with E-state index in [1.54, 1.807) is 78.5 Å². The van der Waals surface area contributed by atoms with Crippen LogP contribution in [0.15, 0.2) is 81.7 Å². The summed E-state index contributed by atoms with van der Waals surface area (Å²) in [5.41, 5.74) is 2.04. The molecular weight excluding hydrogens is 582 g/mol. The van der Waals surface area contributed by atoms with Gasteiger partial charge in [-0.25, -0.2) is 0 Å². The molecule has 0 saturated carbocycles. The molecule has 3 aromatic carbocycles. The molecular formula is C25H23Br2N3O3S. The van der Waals surface area contributed by atoms with Gasteiger partial charge in [-0.15, -0.1) is 0 Å². The Balaban J connectivity index is 1.68. The van der Waals surface area contributed by atoms with Crippen molar-refractivity contribution in [2.24, 2.45) is 0 Å². The highest BCUT2D eigenvalue weighted by Gasteiger charge is 2.22. The topological polar surface area (TPSA) is 87.3 Å². The van der Waals surface area contributed by atoms with Gasteiger partial charge in [-0.3, -0.25) is 14.4 Å². The molecule has 34 heavy (non-hydrogen) atoms. The average Bonchev–Trinajstić information content (AvgIpc) is 2.82. The van der Waals surface area contributed by atoms with E-state index in [1.807, 2.05) is 12.3 Å². The number of nitrogens with one attached hydrogen (secondary N) is 3. The zero-order valence-electron chi connectivity index (χ0n) is 18.3. The van der Waals surface area contributed by atoms with Gasteiger partial charge >= 0.3 is 0 Å². The first kappa shape index (κ1) is 26.0. The monoisotopic (exact) mass is 603 g/mol. The SMILES string of the molecule is CSCCC(NC(=O)c1ccccc1Br)C(=O)Nc1cccc(NC(=O)c2ccc(Br)cc2)c1. The van der Waals surface area contributed by atoms with Crippen LogP contribution in [0, 0.1) is 0 Å². The Morgan fingerprint density at radius 3 is 2.21 bits per heavy atom. The Morgan fingerprint density at radius 1 is 0.853 bits per heavy atom. The predicted octanol–water partition coefficient (Wildman–Crippen LogP) is 5.95. The lowest BCUT2D eigenvalue weighted by molar-refractivity contribution is -0.118. The second kappa shape index (κ2) is 12.7. The molecule has 3 amide bonds. The van der Waals surface area contributed by atoms with E-state index < -0.39 is 6.04 Å². The molecule has 3 rings (SSSR count). The van der Waals surface area contributed by atoms with E-state index in [1.165, 1.54) is 0 Å². The standard InChI is InChI=1S/C25H23Br2N3O3S/c1-34-14-13-22(30-24(32)20-7-2-3-8-21(20)27)25(33)29-19-6-4-5-18(15-19)28-23(31)16-9-11-17(26)12-10-16/h2-12,15,22H,13-14H2,1H3,(H,28,31)(H,29,33)(H,30,32). The van der Waals surface area contributed by atoms with Crippen LogP contribution in [-0.2, 0) is 4.79 Å². The number of anilines is 2. The fourth-order valence-corrected chi connectivity index (χ4v) is 4.30. The van der Waals surface area contributed by atoms with Crippen LogP contribution < -0.4 is 16.0 Å². The first-order valence-corrected chi connectivity index (χ1v) is 13.4. The first-order valence-electron chi connectivity index (χ1n) is 10.4. The van der Waals surface area contributed by atoms with E-state index in [2.05, 4.69) is 47.8 Å². The van der Waals surface area contributed by atoms with Gasteiger partial charge in [0, 0.05) is 25.9 Å². The van der Waals surface area contributed by atoms with Crippen molar-refractivity contribution in [3.63, 3.8) is 0 Å². The maximum atomic E-state index is 13.0. The second-order valence-electron chi connectivity index (χ2n) is 7.32. The van der Waals surface area contributed by atoms with Gasteiger partial charge in [0.1, 0.15) is 6.04 Å². The number of carbonyl (C=O) groups is 3. The van der Waals surface area contributed by atoms with Crippen LogP contribution >= 0.6 is 43.6 Å². The summed E-state index contributed by atoms with van der Waals surface area (Å²) in [7, 11) is 0. The Morgan fingerprint density at radius 2 is 1.53 bits per heavy atom. The van der Waals surface area contributed by atoms with E-state index in [0.717, 1.165) is 4.47 Å². The molecule has 176 valence electrons. The molecule has 3 aromatic rings. The van der Waals surface area contributed by atoms with Gasteiger partial charge in [0.05, 0.1) is 5.56 Å². The number of halogens is 2. The van der Waals surface area contributed by atoms with Gasteiger partial charge in [-0.1, -0.05) is 34.1 Å². The zero-order chi connectivity index (χ0) is 24.5. The van der Waals surface area contributed by atoms with Crippen LogP contribution in [0.4, 0.5) is 11.4 Å². The normalized spacial score (nSPS) is 11.4. The fourth-order valence-electron chi connectivity index (χ4n) is 3.09. The molecule has 0 spiro atoms. The Labute approximate surface area is 219 Å².